The van der Waals surface area contributed by atoms with Crippen LogP contribution in [-0.2, 0) is 17.7 Å². The first-order valence-electron chi connectivity index (χ1n) is 12.4. The molecule has 9 nitrogen and oxygen atoms in total. The minimum atomic E-state index is -0.208. The molecule has 2 N–H and O–H groups in total. The van der Waals surface area contributed by atoms with Crippen LogP contribution >= 0.6 is 0 Å². The van der Waals surface area contributed by atoms with Gasteiger partial charge < -0.3 is 24.8 Å². The number of likely N-dealkylation sites (tertiary alicyclic amines) is 1. The molecule has 1 aliphatic rings. The maximum absolute atomic E-state index is 12.0. The zero-order chi connectivity index (χ0) is 23.2. The van der Waals surface area contributed by atoms with Crippen molar-refractivity contribution in [3.63, 3.8) is 0 Å². The third-order valence-corrected chi connectivity index (χ3v) is 6.07. The predicted octanol–water partition coefficient (Wildman–Crippen LogP) is 3.21. The summed E-state index contributed by atoms with van der Waals surface area (Å²) in [5.41, 5.74) is 0. The van der Waals surface area contributed by atoms with Crippen LogP contribution in [0.5, 0.6) is 0 Å². The van der Waals surface area contributed by atoms with E-state index in [4.69, 9.17) is 9.73 Å². The Morgan fingerprint density at radius 3 is 2.72 bits per heavy atom. The quantitative estimate of drug-likeness (QED) is 0.376. The number of ether oxygens (including phenoxy) is 1. The fourth-order valence-electron chi connectivity index (χ4n) is 3.94. The number of hydrogen-bond acceptors (Lipinski definition) is 5. The third-order valence-electron chi connectivity index (χ3n) is 6.07. The van der Waals surface area contributed by atoms with Crippen molar-refractivity contribution in [3.8, 4) is 0 Å². The Morgan fingerprint density at radius 1 is 1.28 bits per heavy atom. The fourth-order valence-corrected chi connectivity index (χ4v) is 3.94. The maximum atomic E-state index is 12.0. The van der Waals surface area contributed by atoms with Gasteiger partial charge in [-0.1, -0.05) is 40.0 Å². The number of hydrogen-bond donors (Lipinski definition) is 2. The zero-order valence-corrected chi connectivity index (χ0v) is 20.5. The minimum absolute atomic E-state index is 0.208. The molecular weight excluding hydrogens is 406 g/mol. The van der Waals surface area contributed by atoms with Crippen LogP contribution in [0.2, 0.25) is 0 Å². The number of amides is 1. The van der Waals surface area contributed by atoms with Crippen LogP contribution in [0.25, 0.3) is 0 Å². The molecule has 0 aliphatic carbocycles. The highest BCUT2D eigenvalue weighted by atomic mass is 16.6. The van der Waals surface area contributed by atoms with Gasteiger partial charge in [0.05, 0.1) is 6.61 Å². The number of piperidine rings is 1. The van der Waals surface area contributed by atoms with Crippen LogP contribution in [0.1, 0.15) is 72.0 Å². The Kier molecular flexibility index (Phi) is 11.9. The molecule has 32 heavy (non-hydrogen) atoms. The van der Waals surface area contributed by atoms with Crippen LogP contribution in [-0.4, -0.2) is 70.5 Å². The number of carbonyl (C=O) groups excluding carboxylic acids is 1. The second-order valence-corrected chi connectivity index (χ2v) is 8.43. The van der Waals surface area contributed by atoms with Gasteiger partial charge in [0.2, 0.25) is 0 Å². The van der Waals surface area contributed by atoms with E-state index in [0.717, 1.165) is 57.1 Å². The molecule has 2 rings (SSSR count). The summed E-state index contributed by atoms with van der Waals surface area (Å²) in [5, 5.41) is 15.3. The van der Waals surface area contributed by atoms with Crippen LogP contribution in [0.4, 0.5) is 4.79 Å². The van der Waals surface area contributed by atoms with Crippen molar-refractivity contribution in [2.75, 3.05) is 32.8 Å². The molecule has 9 heteroatoms. The molecular formula is C23H43N7O2. The highest BCUT2D eigenvalue weighted by molar-refractivity contribution is 5.80. The van der Waals surface area contributed by atoms with E-state index in [0.29, 0.717) is 31.7 Å². The topological polar surface area (TPSA) is 96.7 Å². The number of rotatable bonds is 12. The van der Waals surface area contributed by atoms with E-state index in [1.807, 2.05) is 6.92 Å². The van der Waals surface area contributed by atoms with Crippen molar-refractivity contribution < 1.29 is 9.53 Å². The average molecular weight is 450 g/mol. The van der Waals surface area contributed by atoms with Crippen LogP contribution < -0.4 is 10.6 Å². The number of aromatic nitrogens is 3. The Hall–Kier alpha value is -2.32. The van der Waals surface area contributed by atoms with Gasteiger partial charge in [-0.3, -0.25) is 4.99 Å². The van der Waals surface area contributed by atoms with E-state index in [-0.39, 0.29) is 6.09 Å². The number of unbranched alkanes of at least 4 members (excludes halogenated alkanes) is 1. The van der Waals surface area contributed by atoms with E-state index < -0.39 is 0 Å². The molecule has 0 bridgehead atoms. The third kappa shape index (κ3) is 8.67. The SMILES string of the molecule is CCCCC(CC)CN=C(NCCn1cnnc1CC)NC1CCN(C(=O)OCC)CC1. The molecule has 1 aliphatic heterocycles. The van der Waals surface area contributed by atoms with Gasteiger partial charge in [0, 0.05) is 45.2 Å². The lowest BCUT2D eigenvalue weighted by Crippen LogP contribution is -2.50. The Morgan fingerprint density at radius 2 is 2.06 bits per heavy atom. The second-order valence-electron chi connectivity index (χ2n) is 8.43. The normalized spacial score (nSPS) is 16.1. The number of aryl methyl sites for hydroxylation is 1. The van der Waals surface area contributed by atoms with Crippen molar-refractivity contribution >= 4 is 12.1 Å². The summed E-state index contributed by atoms with van der Waals surface area (Å²) >= 11 is 0. The fraction of sp³-hybridized carbons (Fsp3) is 0.826. The first-order chi connectivity index (χ1) is 15.6. The number of nitrogens with zero attached hydrogens (tertiary/aromatic N) is 5. The van der Waals surface area contributed by atoms with Crippen molar-refractivity contribution in [2.45, 2.75) is 85.2 Å². The van der Waals surface area contributed by atoms with Crippen LogP contribution in [0.15, 0.2) is 11.3 Å². The highest BCUT2D eigenvalue weighted by Crippen LogP contribution is 2.14. The van der Waals surface area contributed by atoms with Crippen molar-refractivity contribution in [1.82, 2.24) is 30.3 Å². The Bertz CT molecular complexity index is 684. The number of guanidine groups is 1. The van der Waals surface area contributed by atoms with Crippen molar-refractivity contribution in [2.24, 2.45) is 10.9 Å². The molecule has 1 atom stereocenters. The molecule has 0 aromatic carbocycles. The second kappa shape index (κ2) is 14.7. The van der Waals surface area contributed by atoms with Crippen molar-refractivity contribution in [3.05, 3.63) is 12.2 Å². The monoisotopic (exact) mass is 449 g/mol. The maximum Gasteiger partial charge on any atom is 0.409 e. The molecule has 1 unspecified atom stereocenters. The van der Waals surface area contributed by atoms with Gasteiger partial charge in [-0.25, -0.2) is 4.79 Å². The first-order valence-corrected chi connectivity index (χ1v) is 12.4. The lowest BCUT2D eigenvalue weighted by molar-refractivity contribution is 0.0963. The van der Waals surface area contributed by atoms with E-state index in [1.54, 1.807) is 11.2 Å². The first kappa shape index (κ1) is 25.9. The zero-order valence-electron chi connectivity index (χ0n) is 20.5. The van der Waals surface area contributed by atoms with E-state index >= 15 is 0 Å². The molecule has 1 aromatic rings. The van der Waals surface area contributed by atoms with Gasteiger partial charge in [-0.15, -0.1) is 10.2 Å². The number of carbonyl (C=O) groups is 1. The number of nitrogens with one attached hydrogen (secondary N) is 2. The lowest BCUT2D eigenvalue weighted by atomic mass is 10.00. The van der Waals surface area contributed by atoms with Gasteiger partial charge in [0.25, 0.3) is 0 Å². The molecule has 1 aromatic heterocycles. The molecule has 0 radical (unpaired) electrons. The summed E-state index contributed by atoms with van der Waals surface area (Å²) < 4.78 is 7.21. The van der Waals surface area contributed by atoms with Gasteiger partial charge >= 0.3 is 6.09 Å². The summed E-state index contributed by atoms with van der Waals surface area (Å²) in [6.45, 7) is 12.6. The minimum Gasteiger partial charge on any atom is -0.450 e. The standard InChI is InChI=1S/C23H43N7O2/c1-5-9-10-19(6-2)17-25-22(24-13-16-30-18-26-28-21(30)7-3)27-20-11-14-29(15-12-20)23(31)32-8-4/h18-20H,5-17H2,1-4H3,(H2,24,25,27). The predicted molar refractivity (Wildman–Crippen MR) is 128 cm³/mol. The van der Waals surface area contributed by atoms with Gasteiger partial charge in [0.15, 0.2) is 5.96 Å². The Balaban J connectivity index is 1.92. The van der Waals surface area contributed by atoms with Gasteiger partial charge in [0.1, 0.15) is 12.2 Å². The molecule has 1 fully saturated rings. The smallest absolute Gasteiger partial charge is 0.409 e. The van der Waals surface area contributed by atoms with Crippen LogP contribution in [0.3, 0.4) is 0 Å². The summed E-state index contributed by atoms with van der Waals surface area (Å²) in [5.74, 6) is 2.47. The van der Waals surface area contributed by atoms with E-state index in [9.17, 15) is 4.79 Å². The molecule has 1 amide bonds. The Labute approximate surface area is 193 Å². The summed E-state index contributed by atoms with van der Waals surface area (Å²) in [6, 6.07) is 0.295. The summed E-state index contributed by atoms with van der Waals surface area (Å²) in [7, 11) is 0. The van der Waals surface area contributed by atoms with E-state index in [1.165, 1.54) is 19.3 Å². The summed E-state index contributed by atoms with van der Waals surface area (Å²) in [4.78, 5) is 18.7. The highest BCUT2D eigenvalue weighted by Gasteiger charge is 2.24. The van der Waals surface area contributed by atoms with Crippen molar-refractivity contribution in [1.29, 1.82) is 0 Å². The van der Waals surface area contributed by atoms with E-state index in [2.05, 4.69) is 46.2 Å². The molecule has 0 spiro atoms. The summed E-state index contributed by atoms with van der Waals surface area (Å²) in [6.07, 6.45) is 9.07. The molecule has 0 saturated carbocycles. The molecule has 182 valence electrons. The average Bonchev–Trinajstić information content (AvgIpc) is 3.27. The number of aliphatic imine (C=N–C) groups is 1. The molecule has 1 saturated heterocycles. The molecule has 2 heterocycles. The van der Waals surface area contributed by atoms with Gasteiger partial charge in [-0.2, -0.15) is 0 Å². The largest absolute Gasteiger partial charge is 0.450 e. The van der Waals surface area contributed by atoms with Crippen LogP contribution in [0, 0.1) is 5.92 Å². The van der Waals surface area contributed by atoms with Gasteiger partial charge in [-0.05, 0) is 32.1 Å². The lowest BCUT2D eigenvalue weighted by Gasteiger charge is -2.32.